The van der Waals surface area contributed by atoms with Gasteiger partial charge in [-0.05, 0) is 56.4 Å². The minimum atomic E-state index is -0.297. The first-order valence-electron chi connectivity index (χ1n) is 9.27. The number of nitrogens with two attached hydrogens (primary N) is 1. The molecule has 27 heavy (non-hydrogen) atoms. The van der Waals surface area contributed by atoms with Crippen molar-refractivity contribution in [3.63, 3.8) is 0 Å². The zero-order valence-electron chi connectivity index (χ0n) is 16.1. The van der Waals surface area contributed by atoms with Gasteiger partial charge in [0.15, 0.2) is 0 Å². The number of carbonyl (C=O) groups excluding carboxylic acids is 1. The molecule has 3 rings (SSSR count). The number of nitrogens with one attached hydrogen (secondary N) is 1. The Morgan fingerprint density at radius 3 is 2.59 bits per heavy atom. The monoisotopic (exact) mass is 361 g/mol. The fraction of sp³-hybridized carbons (Fsp3) is 0.304. The summed E-state index contributed by atoms with van der Waals surface area (Å²) in [7, 11) is 0. The van der Waals surface area contributed by atoms with Gasteiger partial charge >= 0.3 is 0 Å². The summed E-state index contributed by atoms with van der Waals surface area (Å²) in [6, 6.07) is 7.71. The van der Waals surface area contributed by atoms with Crippen molar-refractivity contribution in [1.82, 2.24) is 0 Å². The molecule has 1 amide bonds. The zero-order chi connectivity index (χ0) is 19.6. The zero-order valence-corrected chi connectivity index (χ0v) is 16.1. The highest BCUT2D eigenvalue weighted by Crippen LogP contribution is 2.50. The predicted octanol–water partition coefficient (Wildman–Crippen LogP) is 4.60. The SMILES string of the molecule is C=C(C)/C=C\C1=C(C)CC2(CCN(c3ccc(/C(C=N)=C/N)cc3)C2=O)C1. The Labute approximate surface area is 161 Å². The first-order valence-corrected chi connectivity index (χ1v) is 9.27. The van der Waals surface area contributed by atoms with E-state index in [1.165, 1.54) is 23.6 Å². The minimum absolute atomic E-state index is 0.218. The quantitative estimate of drug-likeness (QED) is 0.594. The van der Waals surface area contributed by atoms with Gasteiger partial charge in [-0.15, -0.1) is 0 Å². The Kier molecular flexibility index (Phi) is 5.17. The van der Waals surface area contributed by atoms with E-state index in [-0.39, 0.29) is 11.3 Å². The Hall–Kier alpha value is -2.88. The van der Waals surface area contributed by atoms with Crippen molar-refractivity contribution < 1.29 is 4.79 Å². The van der Waals surface area contributed by atoms with E-state index in [0.29, 0.717) is 5.57 Å². The lowest BCUT2D eigenvalue weighted by molar-refractivity contribution is -0.125. The van der Waals surface area contributed by atoms with Crippen molar-refractivity contribution in [3.8, 4) is 0 Å². The van der Waals surface area contributed by atoms with E-state index in [0.717, 1.165) is 42.6 Å². The maximum Gasteiger partial charge on any atom is 0.233 e. The second kappa shape index (κ2) is 7.39. The van der Waals surface area contributed by atoms with Crippen LogP contribution in [-0.4, -0.2) is 18.7 Å². The average molecular weight is 361 g/mol. The highest BCUT2D eigenvalue weighted by atomic mass is 16.2. The number of allylic oxidation sites excluding steroid dienone is 6. The van der Waals surface area contributed by atoms with Gasteiger partial charge in [-0.3, -0.25) is 4.79 Å². The lowest BCUT2D eigenvalue weighted by Gasteiger charge is -2.23. The molecule has 0 bridgehead atoms. The maximum absolute atomic E-state index is 13.3. The molecule has 1 heterocycles. The van der Waals surface area contributed by atoms with Crippen molar-refractivity contribution in [2.75, 3.05) is 11.4 Å². The number of anilines is 1. The molecule has 3 N–H and O–H groups in total. The molecule has 1 aliphatic carbocycles. The van der Waals surface area contributed by atoms with E-state index in [4.69, 9.17) is 11.1 Å². The lowest BCUT2D eigenvalue weighted by atomic mass is 9.82. The van der Waals surface area contributed by atoms with Crippen LogP contribution in [-0.2, 0) is 4.79 Å². The van der Waals surface area contributed by atoms with Gasteiger partial charge in [-0.1, -0.05) is 42.0 Å². The van der Waals surface area contributed by atoms with Gasteiger partial charge < -0.3 is 16.0 Å². The fourth-order valence-electron chi connectivity index (χ4n) is 4.10. The van der Waals surface area contributed by atoms with Crippen LogP contribution in [0.25, 0.3) is 5.57 Å². The van der Waals surface area contributed by atoms with Crippen molar-refractivity contribution in [3.05, 3.63) is 71.5 Å². The Morgan fingerprint density at radius 2 is 2.00 bits per heavy atom. The van der Waals surface area contributed by atoms with Gasteiger partial charge in [0, 0.05) is 30.2 Å². The van der Waals surface area contributed by atoms with Gasteiger partial charge in [0.1, 0.15) is 0 Å². The smallest absolute Gasteiger partial charge is 0.233 e. The van der Waals surface area contributed by atoms with Crippen molar-refractivity contribution >= 4 is 23.4 Å². The standard InChI is InChI=1S/C23H27N3O/c1-16(2)4-5-19-13-23(12-17(19)3)10-11-26(22(23)27)21-8-6-18(7-9-21)20(14-24)15-25/h4-9,14-15,24H,1,10-13,25H2,2-3H3/b5-4-,20-15+,24-14?. The van der Waals surface area contributed by atoms with Crippen LogP contribution >= 0.6 is 0 Å². The summed E-state index contributed by atoms with van der Waals surface area (Å²) in [5.74, 6) is 0.218. The molecule has 1 aromatic rings. The number of hydrogen-bond donors (Lipinski definition) is 2. The topological polar surface area (TPSA) is 70.2 Å². The van der Waals surface area contributed by atoms with Crippen LogP contribution in [0.2, 0.25) is 0 Å². The first-order chi connectivity index (χ1) is 12.9. The molecule has 0 saturated carbocycles. The van der Waals surface area contributed by atoms with Gasteiger partial charge in [0.2, 0.25) is 5.91 Å². The van der Waals surface area contributed by atoms with E-state index in [1.54, 1.807) is 0 Å². The Balaban J connectivity index is 1.78. The molecular formula is C23H27N3O. The molecule has 140 valence electrons. The molecule has 1 spiro atoms. The normalized spacial score (nSPS) is 23.1. The summed E-state index contributed by atoms with van der Waals surface area (Å²) < 4.78 is 0. The molecule has 1 aromatic carbocycles. The highest BCUT2D eigenvalue weighted by Gasteiger charge is 2.50. The summed E-state index contributed by atoms with van der Waals surface area (Å²) in [6.07, 6.45) is 9.33. The van der Waals surface area contributed by atoms with Crippen molar-refractivity contribution in [2.45, 2.75) is 33.1 Å². The Morgan fingerprint density at radius 1 is 1.30 bits per heavy atom. The summed E-state index contributed by atoms with van der Waals surface area (Å²) in [4.78, 5) is 15.2. The Bertz CT molecular complexity index is 873. The van der Waals surface area contributed by atoms with E-state index in [9.17, 15) is 4.79 Å². The second-order valence-corrected chi connectivity index (χ2v) is 7.64. The molecule has 1 aliphatic heterocycles. The number of rotatable bonds is 5. The van der Waals surface area contributed by atoms with E-state index < -0.39 is 0 Å². The van der Waals surface area contributed by atoms with Crippen molar-refractivity contribution in [1.29, 1.82) is 5.41 Å². The number of carbonyl (C=O) groups is 1. The van der Waals surface area contributed by atoms with E-state index >= 15 is 0 Å². The van der Waals surface area contributed by atoms with Crippen LogP contribution in [0.5, 0.6) is 0 Å². The fourth-order valence-corrected chi connectivity index (χ4v) is 4.10. The summed E-state index contributed by atoms with van der Waals surface area (Å²) in [5, 5.41) is 7.40. The molecule has 0 aromatic heterocycles. The van der Waals surface area contributed by atoms with Crippen LogP contribution in [0.15, 0.2) is 65.9 Å². The molecule has 4 heteroatoms. The number of nitrogens with zero attached hydrogens (tertiary/aromatic N) is 1. The number of amides is 1. The van der Waals surface area contributed by atoms with Gasteiger partial charge in [0.05, 0.1) is 5.41 Å². The van der Waals surface area contributed by atoms with Crippen LogP contribution < -0.4 is 10.6 Å². The third kappa shape index (κ3) is 3.52. The maximum atomic E-state index is 13.3. The van der Waals surface area contributed by atoms with Gasteiger partial charge in [0.25, 0.3) is 0 Å². The van der Waals surface area contributed by atoms with Crippen LogP contribution in [0.4, 0.5) is 5.69 Å². The van der Waals surface area contributed by atoms with Crippen LogP contribution in [0.1, 0.15) is 38.7 Å². The summed E-state index contributed by atoms with van der Waals surface area (Å²) in [5.41, 5.74) is 11.3. The second-order valence-electron chi connectivity index (χ2n) is 7.64. The molecule has 2 aliphatic rings. The molecule has 1 fully saturated rings. The largest absolute Gasteiger partial charge is 0.404 e. The minimum Gasteiger partial charge on any atom is -0.404 e. The van der Waals surface area contributed by atoms with Crippen LogP contribution in [0, 0.1) is 10.8 Å². The first kappa shape index (κ1) is 18.9. The number of benzene rings is 1. The molecular weight excluding hydrogens is 334 g/mol. The van der Waals surface area contributed by atoms with Crippen LogP contribution in [0.3, 0.4) is 0 Å². The predicted molar refractivity (Wildman–Crippen MR) is 113 cm³/mol. The number of hydrogen-bond acceptors (Lipinski definition) is 3. The van der Waals surface area contributed by atoms with Gasteiger partial charge in [-0.2, -0.15) is 0 Å². The molecule has 1 saturated heterocycles. The summed E-state index contributed by atoms with van der Waals surface area (Å²) in [6.45, 7) is 8.78. The molecule has 1 atom stereocenters. The third-order valence-electron chi connectivity index (χ3n) is 5.61. The average Bonchev–Trinajstić information content (AvgIpc) is 3.14. The lowest BCUT2D eigenvalue weighted by Crippen LogP contribution is -2.33. The van der Waals surface area contributed by atoms with Gasteiger partial charge in [-0.25, -0.2) is 0 Å². The molecule has 4 nitrogen and oxygen atoms in total. The molecule has 0 radical (unpaired) electrons. The summed E-state index contributed by atoms with van der Waals surface area (Å²) >= 11 is 0. The highest BCUT2D eigenvalue weighted by molar-refractivity contribution is 6.08. The van der Waals surface area contributed by atoms with Crippen molar-refractivity contribution in [2.24, 2.45) is 11.1 Å². The third-order valence-corrected chi connectivity index (χ3v) is 5.61. The van der Waals surface area contributed by atoms with E-state index in [1.807, 2.05) is 42.2 Å². The van der Waals surface area contributed by atoms with E-state index in [2.05, 4.69) is 19.6 Å². The molecule has 1 unspecified atom stereocenters.